The van der Waals surface area contributed by atoms with E-state index in [0.29, 0.717) is 39.2 Å². The standard InChI is InChI=1S/C37H50BrN10O2P/c1-8-25-19-31(33(50-5)21-32(25)48-13-11-28(12-14-48)47-17-15-46(4)16-18-47)43-36-39-24-29(38)35(44-36)42-30-10-9-26(20-34(30)51(6,7)49)27-22-40-37(41-23-27)45(2)3/h9-10,19-24,28H,8,11-18H2,1-7H3,(H2,39,42,43,44). The minimum Gasteiger partial charge on any atom is -0.494 e. The summed E-state index contributed by atoms with van der Waals surface area (Å²) >= 11 is 3.61. The molecule has 2 N–H and O–H groups in total. The lowest BCUT2D eigenvalue weighted by Crippen LogP contribution is -2.52. The number of halogens is 1. The van der Waals surface area contributed by atoms with Gasteiger partial charge in [-0.05, 0) is 84.9 Å². The van der Waals surface area contributed by atoms with Crippen molar-refractivity contribution in [2.75, 3.05) is 101 Å². The molecule has 14 heteroatoms. The van der Waals surface area contributed by atoms with Crippen molar-refractivity contribution < 1.29 is 9.30 Å². The van der Waals surface area contributed by atoms with Gasteiger partial charge in [0.05, 0.1) is 23.0 Å². The first-order chi connectivity index (χ1) is 24.4. The van der Waals surface area contributed by atoms with Crippen LogP contribution in [0.5, 0.6) is 5.75 Å². The van der Waals surface area contributed by atoms with Crippen LogP contribution < -0.4 is 30.5 Å². The van der Waals surface area contributed by atoms with Crippen LogP contribution in [0.25, 0.3) is 11.1 Å². The van der Waals surface area contributed by atoms with E-state index in [1.54, 1.807) is 39.0 Å². The van der Waals surface area contributed by atoms with E-state index in [9.17, 15) is 4.57 Å². The number of nitrogens with one attached hydrogen (secondary N) is 2. The lowest BCUT2D eigenvalue weighted by atomic mass is 9.99. The fourth-order valence-corrected chi connectivity index (χ4v) is 8.29. The van der Waals surface area contributed by atoms with Gasteiger partial charge in [0.25, 0.3) is 0 Å². The Morgan fingerprint density at radius 2 is 1.63 bits per heavy atom. The van der Waals surface area contributed by atoms with Gasteiger partial charge in [0.1, 0.15) is 18.7 Å². The third-order valence-corrected chi connectivity index (χ3v) is 11.9. The van der Waals surface area contributed by atoms with Gasteiger partial charge in [0.15, 0.2) is 0 Å². The van der Waals surface area contributed by atoms with Crippen molar-refractivity contribution in [2.24, 2.45) is 0 Å². The van der Waals surface area contributed by atoms with Gasteiger partial charge in [-0.2, -0.15) is 4.98 Å². The molecule has 2 fully saturated rings. The Kier molecular flexibility index (Phi) is 11.5. The molecule has 0 radical (unpaired) electrons. The fourth-order valence-electron chi connectivity index (χ4n) is 6.84. The summed E-state index contributed by atoms with van der Waals surface area (Å²) in [6.07, 6.45) is 8.51. The van der Waals surface area contributed by atoms with E-state index in [2.05, 4.69) is 82.3 Å². The number of nitrogens with zero attached hydrogens (tertiary/aromatic N) is 8. The first-order valence-electron chi connectivity index (χ1n) is 17.6. The van der Waals surface area contributed by atoms with Gasteiger partial charge in [-0.15, -0.1) is 0 Å². The summed E-state index contributed by atoms with van der Waals surface area (Å²) in [6.45, 7) is 12.4. The fraction of sp³-hybridized carbons (Fsp3) is 0.459. The summed E-state index contributed by atoms with van der Waals surface area (Å²) < 4.78 is 20.2. The molecule has 4 aromatic rings. The average molecular weight is 778 g/mol. The number of benzene rings is 2. The highest BCUT2D eigenvalue weighted by molar-refractivity contribution is 9.10. The molecule has 2 saturated heterocycles. The normalized spacial score (nSPS) is 16.3. The van der Waals surface area contributed by atoms with Gasteiger partial charge in [-0.25, -0.2) is 15.0 Å². The Balaban J connectivity index is 1.21. The molecule has 0 atom stereocenters. The minimum atomic E-state index is -2.71. The topological polar surface area (TPSA) is 115 Å². The van der Waals surface area contributed by atoms with Crippen LogP contribution in [0.1, 0.15) is 25.3 Å². The summed E-state index contributed by atoms with van der Waals surface area (Å²) in [5, 5.41) is 7.53. The molecule has 2 aliphatic heterocycles. The molecule has 51 heavy (non-hydrogen) atoms. The van der Waals surface area contributed by atoms with Gasteiger partial charge in [-0.1, -0.05) is 13.0 Å². The molecule has 272 valence electrons. The number of piperidine rings is 1. The van der Waals surface area contributed by atoms with Crippen LogP contribution in [0.15, 0.2) is 53.4 Å². The highest BCUT2D eigenvalue weighted by Crippen LogP contribution is 2.41. The molecule has 2 aromatic heterocycles. The number of likely N-dealkylation sites (N-methyl/N-ethyl adjacent to an activating group) is 1. The molecule has 2 aromatic carbocycles. The van der Waals surface area contributed by atoms with E-state index in [0.717, 1.165) is 55.2 Å². The van der Waals surface area contributed by atoms with Crippen LogP contribution in [0.3, 0.4) is 0 Å². The summed E-state index contributed by atoms with van der Waals surface area (Å²) in [5.41, 5.74) is 5.72. The third-order valence-electron chi connectivity index (χ3n) is 9.83. The number of methoxy groups -OCH3 is 1. The predicted octanol–water partition coefficient (Wildman–Crippen LogP) is 6.28. The van der Waals surface area contributed by atoms with Crippen molar-refractivity contribution in [3.63, 3.8) is 0 Å². The zero-order valence-electron chi connectivity index (χ0n) is 30.8. The van der Waals surface area contributed by atoms with Crippen LogP contribution in [0.2, 0.25) is 0 Å². The van der Waals surface area contributed by atoms with Crippen LogP contribution in [0, 0.1) is 0 Å². The summed E-state index contributed by atoms with van der Waals surface area (Å²) in [5.74, 6) is 2.32. The number of rotatable bonds is 11. The zero-order valence-corrected chi connectivity index (χ0v) is 33.3. The van der Waals surface area contributed by atoms with Crippen molar-refractivity contribution in [1.29, 1.82) is 0 Å². The van der Waals surface area contributed by atoms with Crippen LogP contribution in [0.4, 0.5) is 34.8 Å². The van der Waals surface area contributed by atoms with Gasteiger partial charge in [0, 0.05) is 101 Å². The highest BCUT2D eigenvalue weighted by Gasteiger charge is 2.28. The van der Waals surface area contributed by atoms with Crippen molar-refractivity contribution in [2.45, 2.75) is 32.2 Å². The SMILES string of the molecule is CCc1cc(Nc2ncc(Br)c(Nc3ccc(-c4cnc(N(C)C)nc4)cc3P(C)(C)=O)n2)c(OC)cc1N1CCC(N2CCN(C)CC2)CC1. The third kappa shape index (κ3) is 8.65. The van der Waals surface area contributed by atoms with E-state index >= 15 is 0 Å². The lowest BCUT2D eigenvalue weighted by Gasteiger charge is -2.43. The molecule has 0 aliphatic carbocycles. The Labute approximate surface area is 310 Å². The maximum atomic E-state index is 13.6. The van der Waals surface area contributed by atoms with Gasteiger partial charge >= 0.3 is 0 Å². The molecule has 0 bridgehead atoms. The Morgan fingerprint density at radius 3 is 2.25 bits per heavy atom. The number of ether oxygens (including phenoxy) is 1. The molecule has 4 heterocycles. The number of aromatic nitrogens is 4. The van der Waals surface area contributed by atoms with Crippen LogP contribution in [-0.2, 0) is 11.0 Å². The number of hydrogen-bond acceptors (Lipinski definition) is 12. The van der Waals surface area contributed by atoms with E-state index in [-0.39, 0.29) is 0 Å². The second-order valence-electron chi connectivity index (χ2n) is 14.0. The number of aryl methyl sites for hydroxylation is 1. The summed E-state index contributed by atoms with van der Waals surface area (Å²) in [6, 6.07) is 10.8. The number of piperazine rings is 1. The largest absolute Gasteiger partial charge is 0.494 e. The van der Waals surface area contributed by atoms with E-state index in [4.69, 9.17) is 9.72 Å². The Bertz CT molecular complexity index is 1870. The van der Waals surface area contributed by atoms with Crippen LogP contribution in [-0.4, -0.2) is 117 Å². The zero-order chi connectivity index (χ0) is 36.3. The van der Waals surface area contributed by atoms with Crippen molar-refractivity contribution in [1.82, 2.24) is 29.7 Å². The molecule has 6 rings (SSSR count). The smallest absolute Gasteiger partial charge is 0.229 e. The molecule has 0 saturated carbocycles. The summed E-state index contributed by atoms with van der Waals surface area (Å²) in [7, 11) is 5.01. The lowest BCUT2D eigenvalue weighted by molar-refractivity contribution is 0.0982. The van der Waals surface area contributed by atoms with Crippen LogP contribution >= 0.6 is 23.1 Å². The Morgan fingerprint density at radius 1 is 0.922 bits per heavy atom. The second-order valence-corrected chi connectivity index (χ2v) is 18.0. The molecule has 0 spiro atoms. The van der Waals surface area contributed by atoms with Gasteiger partial charge in [0.2, 0.25) is 11.9 Å². The average Bonchev–Trinajstić information content (AvgIpc) is 3.13. The molecular weight excluding hydrogens is 727 g/mol. The van der Waals surface area contributed by atoms with E-state index < -0.39 is 7.14 Å². The second kappa shape index (κ2) is 15.9. The first kappa shape index (κ1) is 37.0. The first-order valence-corrected chi connectivity index (χ1v) is 21.0. The van der Waals surface area contributed by atoms with Gasteiger partial charge < -0.3 is 34.6 Å². The minimum absolute atomic E-state index is 0.411. The van der Waals surface area contributed by atoms with Crippen molar-refractivity contribution in [3.8, 4) is 16.9 Å². The number of anilines is 6. The molecule has 0 unspecified atom stereocenters. The molecular formula is C37H50BrN10O2P. The van der Waals surface area contributed by atoms with Crippen molar-refractivity contribution >= 4 is 63.2 Å². The van der Waals surface area contributed by atoms with Crippen molar-refractivity contribution in [3.05, 3.63) is 59.0 Å². The molecule has 12 nitrogen and oxygen atoms in total. The van der Waals surface area contributed by atoms with E-state index in [1.807, 2.05) is 37.2 Å². The maximum absolute atomic E-state index is 13.6. The van der Waals surface area contributed by atoms with Gasteiger partial charge in [-0.3, -0.25) is 4.90 Å². The molecule has 0 amide bonds. The maximum Gasteiger partial charge on any atom is 0.229 e. The molecule has 2 aliphatic rings. The Hall–Kier alpha value is -3.77. The number of hydrogen-bond donors (Lipinski definition) is 2. The quantitative estimate of drug-likeness (QED) is 0.167. The van der Waals surface area contributed by atoms with E-state index in [1.165, 1.54) is 37.2 Å². The highest BCUT2D eigenvalue weighted by atomic mass is 79.9. The summed E-state index contributed by atoms with van der Waals surface area (Å²) in [4.78, 5) is 27.8. The monoisotopic (exact) mass is 776 g/mol. The predicted molar refractivity (Wildman–Crippen MR) is 214 cm³/mol.